The average molecular weight is 341 g/mol. The summed E-state index contributed by atoms with van der Waals surface area (Å²) in [6.07, 6.45) is 1.16. The van der Waals surface area contributed by atoms with Crippen molar-refractivity contribution in [2.75, 3.05) is 31.1 Å². The molecule has 0 radical (unpaired) electrons. The lowest BCUT2D eigenvalue weighted by Gasteiger charge is -2.15. The number of carbonyl (C=O) groups is 2. The summed E-state index contributed by atoms with van der Waals surface area (Å²) < 4.78 is 4.87. The Balaban J connectivity index is 0.000000816. The summed E-state index contributed by atoms with van der Waals surface area (Å²) in [5.74, 6) is -0.368. The van der Waals surface area contributed by atoms with E-state index in [2.05, 4.69) is 11.9 Å². The van der Waals surface area contributed by atoms with Gasteiger partial charge in [-0.2, -0.15) is 9.59 Å². The third-order valence-electron chi connectivity index (χ3n) is 3.15. The van der Waals surface area contributed by atoms with Gasteiger partial charge in [0.1, 0.15) is 6.54 Å². The van der Waals surface area contributed by atoms with Crippen molar-refractivity contribution in [3.8, 4) is 0 Å². The molecule has 1 aliphatic heterocycles. The van der Waals surface area contributed by atoms with Gasteiger partial charge < -0.3 is 9.64 Å². The number of anilines is 1. The molecule has 8 nitrogen and oxygen atoms in total. The average Bonchev–Trinajstić information content (AvgIpc) is 3.04. The van der Waals surface area contributed by atoms with Crippen LogP contribution in [0.1, 0.15) is 24.4 Å². The van der Waals surface area contributed by atoms with Gasteiger partial charge >= 0.3 is 18.2 Å². The highest BCUT2D eigenvalue weighted by molar-refractivity contribution is 7.15. The van der Waals surface area contributed by atoms with Crippen LogP contribution in [0.3, 0.4) is 0 Å². The van der Waals surface area contributed by atoms with E-state index in [4.69, 9.17) is 14.3 Å². The first-order chi connectivity index (χ1) is 11.0. The van der Waals surface area contributed by atoms with E-state index in [1.165, 1.54) is 9.78 Å². The zero-order valence-electron chi connectivity index (χ0n) is 13.3. The minimum atomic E-state index is -0.368. The van der Waals surface area contributed by atoms with Gasteiger partial charge in [0.05, 0.1) is 12.3 Å². The fourth-order valence-corrected chi connectivity index (χ4v) is 3.15. The summed E-state index contributed by atoms with van der Waals surface area (Å²) in [6, 6.07) is -0.172. The monoisotopic (exact) mass is 341 g/mol. The van der Waals surface area contributed by atoms with Crippen LogP contribution >= 0.6 is 11.3 Å². The lowest BCUT2D eigenvalue weighted by molar-refractivity contribution is -0.191. The minimum absolute atomic E-state index is 0.00810. The maximum Gasteiger partial charge on any atom is 0.373 e. The van der Waals surface area contributed by atoms with Crippen molar-refractivity contribution in [1.29, 1.82) is 0 Å². The van der Waals surface area contributed by atoms with E-state index in [-0.39, 0.29) is 24.7 Å². The molecule has 126 valence electrons. The van der Waals surface area contributed by atoms with Gasteiger partial charge in [-0.25, -0.2) is 9.78 Å². The molecule has 0 atom stereocenters. The number of carbonyl (C=O) groups excluding carboxylic acids is 4. The van der Waals surface area contributed by atoms with E-state index in [9.17, 15) is 9.59 Å². The highest BCUT2D eigenvalue weighted by Crippen LogP contribution is 2.28. The number of thiazole rings is 1. The maximum absolute atomic E-state index is 12.3. The van der Waals surface area contributed by atoms with Crippen LogP contribution in [0.4, 0.5) is 9.93 Å². The van der Waals surface area contributed by atoms with Crippen molar-refractivity contribution < 1.29 is 23.9 Å². The SMILES string of the molecule is CCOC(=O)CN1CCN(c2nc(C)c(CC)s2)C1=O.O=C=O. The highest BCUT2D eigenvalue weighted by atomic mass is 32.1. The second-order valence-corrected chi connectivity index (χ2v) is 5.66. The molecule has 23 heavy (non-hydrogen) atoms. The van der Waals surface area contributed by atoms with Gasteiger partial charge in [0.15, 0.2) is 5.13 Å². The summed E-state index contributed by atoms with van der Waals surface area (Å²) in [7, 11) is 0. The number of hydrogen-bond donors (Lipinski definition) is 0. The summed E-state index contributed by atoms with van der Waals surface area (Å²) in [6.45, 7) is 7.20. The molecule has 0 N–H and O–H groups in total. The number of nitrogens with zero attached hydrogens (tertiary/aromatic N) is 3. The number of esters is 1. The third kappa shape index (κ3) is 4.87. The van der Waals surface area contributed by atoms with Crippen LogP contribution in [0.15, 0.2) is 0 Å². The third-order valence-corrected chi connectivity index (χ3v) is 4.48. The van der Waals surface area contributed by atoms with E-state index >= 15 is 0 Å². The van der Waals surface area contributed by atoms with Crippen LogP contribution in [0, 0.1) is 6.92 Å². The fraction of sp³-hybridized carbons (Fsp3) is 0.571. The fourth-order valence-electron chi connectivity index (χ4n) is 2.13. The van der Waals surface area contributed by atoms with Crippen LogP contribution in [-0.4, -0.2) is 54.3 Å². The summed E-state index contributed by atoms with van der Waals surface area (Å²) >= 11 is 1.54. The Morgan fingerprint density at radius 3 is 2.52 bits per heavy atom. The number of hydrogen-bond acceptors (Lipinski definition) is 7. The first-order valence-electron chi connectivity index (χ1n) is 7.16. The molecule has 2 heterocycles. The van der Waals surface area contributed by atoms with Gasteiger partial charge in [0.25, 0.3) is 0 Å². The summed E-state index contributed by atoms with van der Waals surface area (Å²) in [5.41, 5.74) is 0.976. The molecule has 1 saturated heterocycles. The molecule has 0 aromatic carbocycles. The van der Waals surface area contributed by atoms with Crippen LogP contribution in [0.25, 0.3) is 0 Å². The van der Waals surface area contributed by atoms with Crippen LogP contribution in [0.5, 0.6) is 0 Å². The minimum Gasteiger partial charge on any atom is -0.465 e. The molecular formula is C14H19N3O5S. The predicted molar refractivity (Wildman–Crippen MR) is 82.2 cm³/mol. The Kier molecular flexibility index (Phi) is 7.37. The number of urea groups is 1. The molecule has 0 bridgehead atoms. The van der Waals surface area contributed by atoms with E-state index in [0.29, 0.717) is 19.7 Å². The molecule has 2 amide bonds. The Morgan fingerprint density at radius 2 is 2.00 bits per heavy atom. The van der Waals surface area contributed by atoms with Gasteiger partial charge in [-0.3, -0.25) is 9.69 Å². The van der Waals surface area contributed by atoms with Crippen molar-refractivity contribution in [1.82, 2.24) is 9.88 Å². The number of aryl methyl sites for hydroxylation is 2. The zero-order chi connectivity index (χ0) is 17.4. The van der Waals surface area contributed by atoms with Crippen molar-refractivity contribution in [3.05, 3.63) is 10.6 Å². The van der Waals surface area contributed by atoms with Crippen molar-refractivity contribution in [2.45, 2.75) is 27.2 Å². The number of aromatic nitrogens is 1. The Labute approximate surface area is 138 Å². The standard InChI is InChI=1S/C13H19N3O3S.CO2/c1-4-10-9(3)14-12(20-10)16-7-6-15(13(16)18)8-11(17)19-5-2;2-1-3/h4-8H2,1-3H3;. The lowest BCUT2D eigenvalue weighted by Crippen LogP contribution is -2.35. The molecule has 0 aliphatic carbocycles. The predicted octanol–water partition coefficient (Wildman–Crippen LogP) is 1.24. The molecule has 1 fully saturated rings. The Hall–Kier alpha value is -2.25. The van der Waals surface area contributed by atoms with Crippen LogP contribution in [-0.2, 0) is 25.5 Å². The summed E-state index contributed by atoms with van der Waals surface area (Å²) in [5, 5.41) is 0.718. The second kappa shape index (κ2) is 9.02. The van der Waals surface area contributed by atoms with E-state index in [0.717, 1.165) is 17.2 Å². The van der Waals surface area contributed by atoms with Gasteiger partial charge in [-0.05, 0) is 20.3 Å². The molecule has 0 unspecified atom stereocenters. The van der Waals surface area contributed by atoms with Crippen molar-refractivity contribution in [3.63, 3.8) is 0 Å². The maximum atomic E-state index is 12.3. The number of amides is 2. The summed E-state index contributed by atoms with van der Waals surface area (Å²) in [4.78, 5) is 48.7. The van der Waals surface area contributed by atoms with E-state index in [1.54, 1.807) is 23.2 Å². The van der Waals surface area contributed by atoms with Gasteiger partial charge in [0.2, 0.25) is 0 Å². The largest absolute Gasteiger partial charge is 0.465 e. The quantitative estimate of drug-likeness (QED) is 0.747. The molecule has 2 rings (SSSR count). The van der Waals surface area contributed by atoms with Crippen molar-refractivity contribution in [2.24, 2.45) is 0 Å². The molecule has 0 saturated carbocycles. The Bertz CT molecular complexity index is 595. The van der Waals surface area contributed by atoms with E-state index in [1.807, 2.05) is 6.92 Å². The van der Waals surface area contributed by atoms with Crippen LogP contribution < -0.4 is 4.90 Å². The first kappa shape index (κ1) is 18.8. The molecule has 1 aliphatic rings. The van der Waals surface area contributed by atoms with E-state index < -0.39 is 0 Å². The lowest BCUT2D eigenvalue weighted by atomic mass is 10.3. The Morgan fingerprint density at radius 1 is 1.35 bits per heavy atom. The topological polar surface area (TPSA) is 96.9 Å². The molecule has 1 aromatic heterocycles. The normalized spacial score (nSPS) is 13.4. The second-order valence-electron chi connectivity index (χ2n) is 4.60. The first-order valence-corrected chi connectivity index (χ1v) is 7.97. The zero-order valence-corrected chi connectivity index (χ0v) is 14.1. The van der Waals surface area contributed by atoms with Crippen molar-refractivity contribution >= 4 is 34.6 Å². The number of ether oxygens (including phenoxy) is 1. The molecule has 0 spiro atoms. The smallest absolute Gasteiger partial charge is 0.373 e. The molecule has 1 aromatic rings. The van der Waals surface area contributed by atoms with Gasteiger partial charge in [-0.1, -0.05) is 6.92 Å². The molecule has 9 heteroatoms. The van der Waals surface area contributed by atoms with Gasteiger partial charge in [-0.15, -0.1) is 11.3 Å². The molecular weight excluding hydrogens is 322 g/mol. The van der Waals surface area contributed by atoms with Crippen LogP contribution in [0.2, 0.25) is 0 Å². The number of rotatable bonds is 5. The van der Waals surface area contributed by atoms with Gasteiger partial charge in [0, 0.05) is 18.0 Å². The highest BCUT2D eigenvalue weighted by Gasteiger charge is 2.33.